The van der Waals surface area contributed by atoms with E-state index in [9.17, 15) is 9.90 Å². The van der Waals surface area contributed by atoms with Crippen LogP contribution in [0, 0.1) is 0 Å². The van der Waals surface area contributed by atoms with Crippen LogP contribution in [-0.4, -0.2) is 53.5 Å². The van der Waals surface area contributed by atoms with E-state index in [-0.39, 0.29) is 6.09 Å². The molecule has 1 amide bonds. The van der Waals surface area contributed by atoms with Gasteiger partial charge in [0.25, 0.3) is 0 Å². The Bertz CT molecular complexity index is 452. The highest BCUT2D eigenvalue weighted by atomic mass is 16.6. The molecule has 1 aliphatic rings. The van der Waals surface area contributed by atoms with E-state index in [2.05, 4.69) is 0 Å². The van der Waals surface area contributed by atoms with Crippen LogP contribution in [0.3, 0.4) is 0 Å². The molecule has 6 heteroatoms. The van der Waals surface area contributed by atoms with Crippen molar-refractivity contribution in [2.24, 2.45) is 0 Å². The van der Waals surface area contributed by atoms with Gasteiger partial charge in [-0.25, -0.2) is 4.79 Å². The van der Waals surface area contributed by atoms with E-state index in [1.54, 1.807) is 11.8 Å². The summed E-state index contributed by atoms with van der Waals surface area (Å²) in [6, 6.07) is 0. The predicted molar refractivity (Wildman–Crippen MR) is 93.7 cm³/mol. The van der Waals surface area contributed by atoms with Crippen molar-refractivity contribution in [3.8, 4) is 0 Å². The van der Waals surface area contributed by atoms with Crippen molar-refractivity contribution >= 4 is 13.6 Å². The molecule has 0 aromatic heterocycles. The lowest BCUT2D eigenvalue weighted by molar-refractivity contribution is -0.104. The van der Waals surface area contributed by atoms with Crippen LogP contribution >= 0.6 is 0 Å². The summed E-state index contributed by atoms with van der Waals surface area (Å²) in [6.07, 6.45) is 3.14. The first-order chi connectivity index (χ1) is 10.4. The molecular weight excluding hydrogens is 293 g/mol. The maximum Gasteiger partial charge on any atom is 0.410 e. The Hall–Kier alpha value is -1.01. The van der Waals surface area contributed by atoms with E-state index >= 15 is 0 Å². The number of amides is 1. The summed E-state index contributed by atoms with van der Waals surface area (Å²) < 4.78 is 11.3. The molecule has 132 valence electrons. The summed E-state index contributed by atoms with van der Waals surface area (Å²) in [6.45, 7) is 14.3. The number of ether oxygens (including phenoxy) is 1. The van der Waals surface area contributed by atoms with Gasteiger partial charge in [0.2, 0.25) is 0 Å². The number of rotatable bonds is 5. The van der Waals surface area contributed by atoms with Crippen molar-refractivity contribution in [3.05, 3.63) is 11.5 Å². The average molecular weight is 325 g/mol. The van der Waals surface area contributed by atoms with Gasteiger partial charge in [-0.15, -0.1) is 0 Å². The van der Waals surface area contributed by atoms with Gasteiger partial charge < -0.3 is 19.4 Å². The molecular formula is C17H32BNO4. The van der Waals surface area contributed by atoms with Crippen molar-refractivity contribution in [1.29, 1.82) is 0 Å². The zero-order valence-electron chi connectivity index (χ0n) is 15.7. The smallest absolute Gasteiger partial charge is 0.410 e. The SMILES string of the molecule is CCC(C)(O)C(C)(C)OBC1=CCN(C(=O)OC(C)(C)C)CC1. The number of carbonyl (C=O) groups is 1. The molecule has 1 rings (SSSR count). The highest BCUT2D eigenvalue weighted by Crippen LogP contribution is 2.29. The second-order valence-electron chi connectivity index (χ2n) is 7.97. The van der Waals surface area contributed by atoms with E-state index in [1.807, 2.05) is 47.6 Å². The van der Waals surface area contributed by atoms with Crippen molar-refractivity contribution in [2.45, 2.75) is 78.1 Å². The summed E-state index contributed by atoms with van der Waals surface area (Å²) in [7, 11) is 0.477. The molecule has 23 heavy (non-hydrogen) atoms. The molecule has 1 N–H and O–H groups in total. The summed E-state index contributed by atoms with van der Waals surface area (Å²) in [4.78, 5) is 13.7. The van der Waals surface area contributed by atoms with Gasteiger partial charge in [0.1, 0.15) is 5.60 Å². The van der Waals surface area contributed by atoms with E-state index in [0.717, 1.165) is 11.9 Å². The maximum absolute atomic E-state index is 12.0. The minimum atomic E-state index is -0.870. The van der Waals surface area contributed by atoms with Gasteiger partial charge in [0, 0.05) is 13.1 Å². The number of hydrogen-bond acceptors (Lipinski definition) is 4. The molecule has 1 aliphatic heterocycles. The molecule has 0 saturated carbocycles. The number of aliphatic hydroxyl groups is 1. The normalized spacial score (nSPS) is 19.0. The van der Waals surface area contributed by atoms with Crippen LogP contribution in [0.4, 0.5) is 4.79 Å². The molecule has 1 atom stereocenters. The second-order valence-corrected chi connectivity index (χ2v) is 7.97. The summed E-state index contributed by atoms with van der Waals surface area (Å²) in [5, 5.41) is 10.4. The summed E-state index contributed by atoms with van der Waals surface area (Å²) >= 11 is 0. The minimum absolute atomic E-state index is 0.275. The average Bonchev–Trinajstić information content (AvgIpc) is 2.43. The molecule has 0 radical (unpaired) electrons. The van der Waals surface area contributed by atoms with Crippen LogP contribution in [0.25, 0.3) is 0 Å². The van der Waals surface area contributed by atoms with Gasteiger partial charge in [0.05, 0.1) is 11.2 Å². The standard InChI is InChI=1S/C17H32BNO4/c1-8-17(7,21)16(5,6)23-18-13-9-11-19(12-10-13)14(20)22-15(2,3)4/h9,18,21H,8,10-12H2,1-7H3. The van der Waals surface area contributed by atoms with Crippen molar-refractivity contribution in [1.82, 2.24) is 4.90 Å². The Balaban J connectivity index is 2.53. The monoisotopic (exact) mass is 325 g/mol. The van der Waals surface area contributed by atoms with E-state index < -0.39 is 16.8 Å². The second kappa shape index (κ2) is 7.26. The zero-order chi connectivity index (χ0) is 17.9. The van der Waals surface area contributed by atoms with Gasteiger partial charge in [0.15, 0.2) is 0 Å². The van der Waals surface area contributed by atoms with Gasteiger partial charge in [-0.1, -0.05) is 18.5 Å². The van der Waals surface area contributed by atoms with Crippen LogP contribution in [0.1, 0.15) is 61.3 Å². The molecule has 1 heterocycles. The van der Waals surface area contributed by atoms with Crippen molar-refractivity contribution < 1.29 is 19.3 Å². The Morgan fingerprint density at radius 2 is 1.91 bits per heavy atom. The first kappa shape index (κ1) is 20.0. The van der Waals surface area contributed by atoms with E-state index in [0.29, 0.717) is 27.0 Å². The highest BCUT2D eigenvalue weighted by molar-refractivity contribution is 6.38. The van der Waals surface area contributed by atoms with Crippen LogP contribution in [0.15, 0.2) is 11.5 Å². The fourth-order valence-corrected chi connectivity index (χ4v) is 2.19. The fourth-order valence-electron chi connectivity index (χ4n) is 2.19. The summed E-state index contributed by atoms with van der Waals surface area (Å²) in [5.41, 5.74) is -0.805. The fraction of sp³-hybridized carbons (Fsp3) is 0.824. The van der Waals surface area contributed by atoms with Crippen LogP contribution < -0.4 is 0 Å². The van der Waals surface area contributed by atoms with Crippen molar-refractivity contribution in [2.75, 3.05) is 13.1 Å². The molecule has 0 aromatic rings. The summed E-state index contributed by atoms with van der Waals surface area (Å²) in [5.74, 6) is 0. The minimum Gasteiger partial charge on any atom is -0.444 e. The molecule has 0 bridgehead atoms. The first-order valence-electron chi connectivity index (χ1n) is 8.40. The Kier molecular flexibility index (Phi) is 6.33. The third-order valence-corrected chi connectivity index (χ3v) is 4.56. The first-order valence-corrected chi connectivity index (χ1v) is 8.40. The van der Waals surface area contributed by atoms with Gasteiger partial charge >= 0.3 is 13.6 Å². The lowest BCUT2D eigenvalue weighted by atomic mass is 9.78. The molecule has 0 fully saturated rings. The van der Waals surface area contributed by atoms with Crippen molar-refractivity contribution in [3.63, 3.8) is 0 Å². The molecule has 5 nitrogen and oxygen atoms in total. The predicted octanol–water partition coefficient (Wildman–Crippen LogP) is 2.82. The van der Waals surface area contributed by atoms with E-state index in [4.69, 9.17) is 9.39 Å². The quantitative estimate of drug-likeness (QED) is 0.790. The zero-order valence-corrected chi connectivity index (χ0v) is 15.7. The van der Waals surface area contributed by atoms with Crippen LogP contribution in [0.2, 0.25) is 0 Å². The Morgan fingerprint density at radius 3 is 2.35 bits per heavy atom. The molecule has 0 aromatic carbocycles. The highest BCUT2D eigenvalue weighted by Gasteiger charge is 2.38. The van der Waals surface area contributed by atoms with E-state index in [1.165, 1.54) is 0 Å². The topological polar surface area (TPSA) is 59.0 Å². The number of carbonyl (C=O) groups excluding carboxylic acids is 1. The maximum atomic E-state index is 12.0. The lowest BCUT2D eigenvalue weighted by Crippen LogP contribution is -2.50. The molecule has 1 unspecified atom stereocenters. The number of nitrogens with zero attached hydrogens (tertiary/aromatic N) is 1. The number of hydrogen-bond donors (Lipinski definition) is 1. The van der Waals surface area contributed by atoms with Gasteiger partial charge in [-0.05, 0) is 54.4 Å². The van der Waals surface area contributed by atoms with Gasteiger partial charge in [-0.3, -0.25) is 0 Å². The van der Waals surface area contributed by atoms with Gasteiger partial charge in [-0.2, -0.15) is 0 Å². The largest absolute Gasteiger partial charge is 0.444 e. The molecule has 0 aliphatic carbocycles. The Labute approximate surface area is 141 Å². The third-order valence-electron chi connectivity index (χ3n) is 4.56. The third kappa shape index (κ3) is 5.85. The molecule has 0 saturated heterocycles. The molecule has 0 spiro atoms. The van der Waals surface area contributed by atoms with Crippen LogP contribution in [0.5, 0.6) is 0 Å². The van der Waals surface area contributed by atoms with Crippen LogP contribution in [-0.2, 0) is 9.39 Å². The Morgan fingerprint density at radius 1 is 1.30 bits per heavy atom. The lowest BCUT2D eigenvalue weighted by Gasteiger charge is -2.40.